The predicted molar refractivity (Wildman–Crippen MR) is 139 cm³/mol. The topological polar surface area (TPSA) is 80.7 Å². The van der Waals surface area contributed by atoms with Gasteiger partial charge in [-0.15, -0.1) is 0 Å². The number of fused-ring (bicyclic) bond motifs is 2. The van der Waals surface area contributed by atoms with E-state index in [0.717, 1.165) is 22.2 Å². The molecule has 0 fully saturated rings. The molecule has 0 saturated heterocycles. The van der Waals surface area contributed by atoms with Gasteiger partial charge >= 0.3 is 0 Å². The molecular weight excluding hydrogens is 452 g/mol. The predicted octanol–water partition coefficient (Wildman–Crippen LogP) is 5.46. The summed E-state index contributed by atoms with van der Waals surface area (Å²) in [5, 5.41) is 7.55. The largest absolute Gasteiger partial charge is 0.455 e. The number of nitrogens with zero attached hydrogens (tertiary/aromatic N) is 4. The van der Waals surface area contributed by atoms with Gasteiger partial charge in [-0.2, -0.15) is 5.10 Å². The van der Waals surface area contributed by atoms with E-state index in [9.17, 15) is 9.59 Å². The van der Waals surface area contributed by atoms with E-state index in [1.54, 1.807) is 18.3 Å². The number of carbonyl (C=O) groups excluding carboxylic acids is 1. The van der Waals surface area contributed by atoms with E-state index in [4.69, 9.17) is 9.52 Å². The van der Waals surface area contributed by atoms with E-state index in [1.165, 1.54) is 5.01 Å². The van der Waals surface area contributed by atoms with Gasteiger partial charge in [0.2, 0.25) is 5.43 Å². The molecule has 0 N–H and O–H groups in total. The van der Waals surface area contributed by atoms with Gasteiger partial charge < -0.3 is 8.98 Å². The molecule has 178 valence electrons. The quantitative estimate of drug-likeness (QED) is 0.345. The van der Waals surface area contributed by atoms with Crippen LogP contribution in [0.25, 0.3) is 22.0 Å². The molecule has 0 aliphatic carbocycles. The monoisotopic (exact) mass is 476 g/mol. The minimum absolute atomic E-state index is 0.0746. The number of pyridine rings is 2. The smallest absolute Gasteiger partial charge is 0.280 e. The first-order valence-corrected chi connectivity index (χ1v) is 12.0. The lowest BCUT2D eigenvalue weighted by atomic mass is 10.0. The molecule has 0 bridgehead atoms. The van der Waals surface area contributed by atoms with E-state index >= 15 is 0 Å². The molecule has 6 rings (SSSR count). The van der Waals surface area contributed by atoms with E-state index in [-0.39, 0.29) is 17.0 Å². The van der Waals surface area contributed by atoms with Crippen LogP contribution in [-0.4, -0.2) is 26.2 Å². The van der Waals surface area contributed by atoms with Crippen LogP contribution in [0.2, 0.25) is 0 Å². The van der Waals surface area contributed by atoms with Crippen LogP contribution in [0.1, 0.15) is 46.8 Å². The molecule has 1 aliphatic heterocycles. The van der Waals surface area contributed by atoms with Crippen LogP contribution in [0.4, 0.5) is 0 Å². The van der Waals surface area contributed by atoms with E-state index in [1.807, 2.05) is 79.1 Å². The summed E-state index contributed by atoms with van der Waals surface area (Å²) in [7, 11) is 0. The molecule has 1 atom stereocenters. The summed E-state index contributed by atoms with van der Waals surface area (Å²) in [6.45, 7) is 4.41. The zero-order chi connectivity index (χ0) is 24.8. The Hall–Kier alpha value is -4.52. The lowest BCUT2D eigenvalue weighted by molar-refractivity contribution is 0.0709. The van der Waals surface area contributed by atoms with Gasteiger partial charge in [0.15, 0.2) is 5.76 Å². The van der Waals surface area contributed by atoms with Gasteiger partial charge in [-0.05, 0) is 43.7 Å². The third-order valence-corrected chi connectivity index (χ3v) is 6.64. The highest BCUT2D eigenvalue weighted by atomic mass is 16.3. The van der Waals surface area contributed by atoms with Crippen LogP contribution in [0, 0.1) is 6.92 Å². The molecule has 2 aromatic carbocycles. The number of hydrogen-bond donors (Lipinski definition) is 0. The summed E-state index contributed by atoms with van der Waals surface area (Å²) in [6.07, 6.45) is 2.09. The summed E-state index contributed by atoms with van der Waals surface area (Å²) in [5.41, 5.74) is 3.49. The molecule has 0 spiro atoms. The molecule has 1 unspecified atom stereocenters. The van der Waals surface area contributed by atoms with Gasteiger partial charge in [0.25, 0.3) is 5.91 Å². The fourth-order valence-electron chi connectivity index (χ4n) is 4.78. The number of carbonyl (C=O) groups is 1. The summed E-state index contributed by atoms with van der Waals surface area (Å²) in [4.78, 5) is 31.9. The van der Waals surface area contributed by atoms with Crippen molar-refractivity contribution in [1.82, 2.24) is 14.6 Å². The molecule has 7 heteroatoms. The average Bonchev–Trinajstić information content (AvgIpc) is 3.54. The van der Waals surface area contributed by atoms with Crippen LogP contribution in [0.5, 0.6) is 0 Å². The maximum absolute atomic E-state index is 13.9. The molecule has 36 heavy (non-hydrogen) atoms. The third kappa shape index (κ3) is 3.60. The number of furan rings is 1. The third-order valence-electron chi connectivity index (χ3n) is 6.64. The zero-order valence-corrected chi connectivity index (χ0v) is 20.0. The molecule has 0 radical (unpaired) electrons. The number of para-hydroxylation sites is 1. The maximum atomic E-state index is 13.9. The highest BCUT2D eigenvalue weighted by Gasteiger charge is 2.36. The second-order valence-electron chi connectivity index (χ2n) is 8.96. The van der Waals surface area contributed by atoms with Crippen LogP contribution >= 0.6 is 0 Å². The average molecular weight is 477 g/mol. The number of rotatable bonds is 4. The second kappa shape index (κ2) is 8.61. The van der Waals surface area contributed by atoms with Crippen molar-refractivity contribution < 1.29 is 9.21 Å². The molecule has 3 aromatic heterocycles. The fraction of sp³-hybridized carbons (Fsp3) is 0.172. The van der Waals surface area contributed by atoms with E-state index in [0.29, 0.717) is 35.5 Å². The molecule has 1 amide bonds. The number of benzene rings is 2. The van der Waals surface area contributed by atoms with Gasteiger partial charge in [0.05, 0.1) is 11.4 Å². The number of amides is 1. The van der Waals surface area contributed by atoms with Crippen molar-refractivity contribution in [2.45, 2.75) is 32.9 Å². The molecule has 7 nitrogen and oxygen atoms in total. The van der Waals surface area contributed by atoms with Crippen LogP contribution < -0.4 is 5.43 Å². The minimum atomic E-state index is -0.440. The van der Waals surface area contributed by atoms with Gasteiger partial charge in [-0.1, -0.05) is 48.5 Å². The van der Waals surface area contributed by atoms with Gasteiger partial charge in [0, 0.05) is 30.2 Å². The molecule has 1 aliphatic rings. The Balaban J connectivity index is 1.48. The highest BCUT2D eigenvalue weighted by Crippen LogP contribution is 2.35. The Bertz CT molecular complexity index is 1680. The summed E-state index contributed by atoms with van der Waals surface area (Å²) in [6, 6.07) is 22.6. The standard InChI is InChI=1S/C29H24N4O3/c1-3-32-17-22(27(34)21-14-13-18(2)30-28(21)32)29(35)33-24(19-9-5-4-6-10-19)16-23(31-33)26-15-20-11-7-8-12-25(20)36-26/h4-15,17,24H,3,16H2,1-2H3. The summed E-state index contributed by atoms with van der Waals surface area (Å²) < 4.78 is 7.90. The molecule has 4 heterocycles. The Morgan fingerprint density at radius 3 is 2.61 bits per heavy atom. The molecule has 0 saturated carbocycles. The Morgan fingerprint density at radius 2 is 1.83 bits per heavy atom. The number of aryl methyl sites for hydroxylation is 2. The van der Waals surface area contributed by atoms with Crippen LogP contribution in [0.3, 0.4) is 0 Å². The minimum Gasteiger partial charge on any atom is -0.455 e. The summed E-state index contributed by atoms with van der Waals surface area (Å²) in [5.74, 6) is 0.182. The molecular formula is C29H24N4O3. The van der Waals surface area contributed by atoms with E-state index < -0.39 is 5.91 Å². The normalized spacial score (nSPS) is 15.6. The van der Waals surface area contributed by atoms with Crippen molar-refractivity contribution in [3.8, 4) is 0 Å². The Kier molecular flexibility index (Phi) is 5.25. The highest BCUT2D eigenvalue weighted by molar-refractivity contribution is 6.05. The van der Waals surface area contributed by atoms with Crippen molar-refractivity contribution in [2.24, 2.45) is 5.10 Å². The Labute approximate surface area is 207 Å². The van der Waals surface area contributed by atoms with Crippen molar-refractivity contribution in [2.75, 3.05) is 0 Å². The van der Waals surface area contributed by atoms with Crippen molar-refractivity contribution >= 4 is 33.6 Å². The number of hydrazone groups is 1. The molecule has 5 aromatic rings. The van der Waals surface area contributed by atoms with Crippen molar-refractivity contribution in [1.29, 1.82) is 0 Å². The van der Waals surface area contributed by atoms with Crippen LogP contribution in [-0.2, 0) is 6.54 Å². The Morgan fingerprint density at radius 1 is 1.06 bits per heavy atom. The van der Waals surface area contributed by atoms with Crippen molar-refractivity contribution in [3.63, 3.8) is 0 Å². The van der Waals surface area contributed by atoms with Gasteiger partial charge in [-0.25, -0.2) is 9.99 Å². The first-order valence-electron chi connectivity index (χ1n) is 12.0. The lowest BCUT2D eigenvalue weighted by Gasteiger charge is -2.22. The first-order chi connectivity index (χ1) is 17.5. The first kappa shape index (κ1) is 22.0. The zero-order valence-electron chi connectivity index (χ0n) is 20.0. The second-order valence-corrected chi connectivity index (χ2v) is 8.96. The van der Waals surface area contributed by atoms with Gasteiger partial charge in [0.1, 0.15) is 22.5 Å². The van der Waals surface area contributed by atoms with Crippen molar-refractivity contribution in [3.05, 3.63) is 112 Å². The van der Waals surface area contributed by atoms with E-state index in [2.05, 4.69) is 4.98 Å². The number of hydrogen-bond acceptors (Lipinski definition) is 5. The lowest BCUT2D eigenvalue weighted by Crippen LogP contribution is -2.32. The number of aromatic nitrogens is 2. The summed E-state index contributed by atoms with van der Waals surface area (Å²) >= 11 is 0. The van der Waals surface area contributed by atoms with Gasteiger partial charge in [-0.3, -0.25) is 9.59 Å². The SMILES string of the molecule is CCn1cc(C(=O)N2N=C(c3cc4ccccc4o3)CC2c2ccccc2)c(=O)c2ccc(C)nc21. The van der Waals surface area contributed by atoms with Crippen LogP contribution in [0.15, 0.2) is 93.3 Å². The maximum Gasteiger partial charge on any atom is 0.280 e. The fourth-order valence-corrected chi connectivity index (χ4v) is 4.78.